The number of hydrogen-bond donors (Lipinski definition) is 0. The smallest absolute Gasteiger partial charge is 0.338 e. The first-order chi connectivity index (χ1) is 16.1. The lowest BCUT2D eigenvalue weighted by atomic mass is 9.95. The summed E-state index contributed by atoms with van der Waals surface area (Å²) in [7, 11) is 1.21. The molecule has 34 heavy (non-hydrogen) atoms. The number of esters is 1. The Morgan fingerprint density at radius 1 is 1.21 bits per heavy atom. The van der Waals surface area contributed by atoms with E-state index in [0.717, 1.165) is 11.3 Å². The summed E-state index contributed by atoms with van der Waals surface area (Å²) < 4.78 is 6.54. The van der Waals surface area contributed by atoms with Crippen molar-refractivity contribution in [3.8, 4) is 0 Å². The molecule has 1 aliphatic rings. The third kappa shape index (κ3) is 4.27. The summed E-state index contributed by atoms with van der Waals surface area (Å²) in [5, 5.41) is 12.2. The van der Waals surface area contributed by atoms with E-state index in [1.165, 1.54) is 29.9 Å². The Hall–Kier alpha value is -2.98. The van der Waals surface area contributed by atoms with Crippen LogP contribution in [0.5, 0.6) is 0 Å². The van der Waals surface area contributed by atoms with Crippen molar-refractivity contribution in [2.45, 2.75) is 13.0 Å². The van der Waals surface area contributed by atoms with E-state index in [9.17, 15) is 19.7 Å². The zero-order valence-electron chi connectivity index (χ0n) is 17.5. The number of nitro groups is 1. The van der Waals surface area contributed by atoms with E-state index in [4.69, 9.17) is 39.5 Å². The molecular weight excluding hydrogens is 525 g/mol. The number of nitrogens with zero attached hydrogens (tertiary/aromatic N) is 3. The summed E-state index contributed by atoms with van der Waals surface area (Å²) in [6.07, 6.45) is 1.60. The van der Waals surface area contributed by atoms with Gasteiger partial charge in [-0.05, 0) is 42.3 Å². The number of methoxy groups -OCH3 is 1. The van der Waals surface area contributed by atoms with Gasteiger partial charge in [0, 0.05) is 16.1 Å². The largest absolute Gasteiger partial charge is 0.466 e. The highest BCUT2D eigenvalue weighted by Crippen LogP contribution is 2.34. The summed E-state index contributed by atoms with van der Waals surface area (Å²) in [6.45, 7) is 1.61. The van der Waals surface area contributed by atoms with E-state index < -0.39 is 22.5 Å². The van der Waals surface area contributed by atoms with Crippen molar-refractivity contribution in [3.05, 3.63) is 104 Å². The van der Waals surface area contributed by atoms with Gasteiger partial charge in [-0.15, -0.1) is 0 Å². The number of carbonyl (C=O) groups excluding carboxylic acids is 1. The van der Waals surface area contributed by atoms with Gasteiger partial charge in [-0.25, -0.2) is 9.79 Å². The van der Waals surface area contributed by atoms with Crippen molar-refractivity contribution in [2.75, 3.05) is 7.11 Å². The molecule has 0 aliphatic carbocycles. The topological polar surface area (TPSA) is 104 Å². The molecule has 1 unspecified atom stereocenters. The number of carbonyl (C=O) groups is 1. The lowest BCUT2D eigenvalue weighted by Crippen LogP contribution is -2.39. The van der Waals surface area contributed by atoms with E-state index in [2.05, 4.69) is 4.99 Å². The van der Waals surface area contributed by atoms with Crippen molar-refractivity contribution >= 4 is 63.9 Å². The Labute approximate surface area is 211 Å². The predicted molar refractivity (Wildman–Crippen MR) is 130 cm³/mol. The Balaban J connectivity index is 2.01. The molecule has 0 radical (unpaired) electrons. The maximum Gasteiger partial charge on any atom is 0.338 e. The molecule has 0 saturated heterocycles. The summed E-state index contributed by atoms with van der Waals surface area (Å²) in [6, 6.07) is 7.97. The Kier molecular flexibility index (Phi) is 6.64. The summed E-state index contributed by atoms with van der Waals surface area (Å²) in [5.41, 5.74) is 0.482. The second-order valence-electron chi connectivity index (χ2n) is 7.21. The summed E-state index contributed by atoms with van der Waals surface area (Å²) >= 11 is 19.3. The molecule has 12 heteroatoms. The van der Waals surface area contributed by atoms with Crippen LogP contribution in [-0.4, -0.2) is 22.6 Å². The van der Waals surface area contributed by atoms with Crippen LogP contribution >= 0.6 is 46.1 Å². The SMILES string of the molecule is COC(=O)C1=C(C)N=c2sc(=Cc3ccc(Cl)cc3Cl)c(=O)n2C1c1ccc(Cl)c([N+](=O)[O-])c1. The molecular formula is C22H14Cl3N3O5S. The molecule has 0 fully saturated rings. The highest BCUT2D eigenvalue weighted by atomic mass is 35.5. The Morgan fingerprint density at radius 3 is 2.59 bits per heavy atom. The molecule has 1 aromatic heterocycles. The average Bonchev–Trinajstić information content (AvgIpc) is 3.09. The van der Waals surface area contributed by atoms with Crippen LogP contribution in [0.3, 0.4) is 0 Å². The van der Waals surface area contributed by atoms with Gasteiger partial charge in [0.05, 0.1) is 33.9 Å². The first-order valence-corrected chi connectivity index (χ1v) is 11.6. The first-order valence-electron chi connectivity index (χ1n) is 9.62. The Morgan fingerprint density at radius 2 is 1.94 bits per heavy atom. The lowest BCUT2D eigenvalue weighted by Gasteiger charge is -2.24. The number of hydrogen-bond acceptors (Lipinski definition) is 7. The maximum atomic E-state index is 13.5. The van der Waals surface area contributed by atoms with E-state index >= 15 is 0 Å². The number of benzene rings is 2. The van der Waals surface area contributed by atoms with Gasteiger partial charge >= 0.3 is 5.97 Å². The number of fused-ring (bicyclic) bond motifs is 1. The molecule has 8 nitrogen and oxygen atoms in total. The van der Waals surface area contributed by atoms with E-state index in [1.807, 2.05) is 0 Å². The monoisotopic (exact) mass is 537 g/mol. The van der Waals surface area contributed by atoms with Gasteiger partial charge < -0.3 is 4.74 Å². The minimum absolute atomic E-state index is 0.0705. The average molecular weight is 539 g/mol. The third-order valence-electron chi connectivity index (χ3n) is 5.16. The highest BCUT2D eigenvalue weighted by molar-refractivity contribution is 7.07. The highest BCUT2D eigenvalue weighted by Gasteiger charge is 2.34. The van der Waals surface area contributed by atoms with Crippen molar-refractivity contribution in [1.82, 2.24) is 4.57 Å². The molecule has 0 bridgehead atoms. The third-order valence-corrected chi connectivity index (χ3v) is 7.02. The van der Waals surface area contributed by atoms with Gasteiger partial charge in [-0.1, -0.05) is 58.3 Å². The molecule has 2 aromatic carbocycles. The van der Waals surface area contributed by atoms with E-state index in [1.54, 1.807) is 31.2 Å². The number of aromatic nitrogens is 1. The lowest BCUT2D eigenvalue weighted by molar-refractivity contribution is -0.384. The Bertz CT molecular complexity index is 1580. The number of nitro benzene ring substituents is 1. The first kappa shape index (κ1) is 24.2. The quantitative estimate of drug-likeness (QED) is 0.280. The molecule has 0 amide bonds. The number of rotatable bonds is 4. The van der Waals surface area contributed by atoms with Crippen LogP contribution in [0, 0.1) is 10.1 Å². The molecule has 0 saturated carbocycles. The second-order valence-corrected chi connectivity index (χ2v) is 9.47. The number of ether oxygens (including phenoxy) is 1. The molecule has 0 N–H and O–H groups in total. The van der Waals surface area contributed by atoms with Crippen LogP contribution in [0.15, 0.2) is 57.5 Å². The zero-order chi connectivity index (χ0) is 24.7. The van der Waals surface area contributed by atoms with Crippen LogP contribution in [-0.2, 0) is 9.53 Å². The van der Waals surface area contributed by atoms with Gasteiger partial charge in [0.1, 0.15) is 5.02 Å². The zero-order valence-corrected chi connectivity index (χ0v) is 20.6. The number of thiazole rings is 1. The molecule has 3 aromatic rings. The maximum absolute atomic E-state index is 13.5. The van der Waals surface area contributed by atoms with Crippen molar-refractivity contribution in [1.29, 1.82) is 0 Å². The fourth-order valence-electron chi connectivity index (χ4n) is 3.61. The van der Waals surface area contributed by atoms with E-state index in [-0.39, 0.29) is 16.3 Å². The van der Waals surface area contributed by atoms with E-state index in [0.29, 0.717) is 36.2 Å². The van der Waals surface area contributed by atoms with Gasteiger partial charge in [0.2, 0.25) is 0 Å². The fourth-order valence-corrected chi connectivity index (χ4v) is 5.29. The standard InChI is InChI=1S/C22H14Cl3N3O5S/c1-10-18(21(30)33-2)19(12-4-6-14(24)16(7-12)28(31)32)27-20(29)17(34-22(27)26-10)8-11-3-5-13(23)9-15(11)25/h3-9,19H,1-2H3. The number of halogens is 3. The van der Waals surface area contributed by atoms with Gasteiger partial charge in [0.15, 0.2) is 4.80 Å². The van der Waals surface area contributed by atoms with Crippen LogP contribution < -0.4 is 14.9 Å². The molecule has 1 atom stereocenters. The molecule has 1 aliphatic heterocycles. The van der Waals surface area contributed by atoms with Crippen molar-refractivity contribution in [2.24, 2.45) is 4.99 Å². The molecule has 4 rings (SSSR count). The van der Waals surface area contributed by atoms with Gasteiger partial charge in [-0.2, -0.15) is 0 Å². The minimum atomic E-state index is -1.01. The van der Waals surface area contributed by atoms with Gasteiger partial charge in [0.25, 0.3) is 11.2 Å². The van der Waals surface area contributed by atoms with Crippen LogP contribution in [0.2, 0.25) is 15.1 Å². The van der Waals surface area contributed by atoms with Crippen molar-refractivity contribution in [3.63, 3.8) is 0 Å². The number of allylic oxidation sites excluding steroid dienone is 1. The second kappa shape index (κ2) is 9.34. The molecule has 174 valence electrons. The van der Waals surface area contributed by atoms with Crippen LogP contribution in [0.25, 0.3) is 6.08 Å². The van der Waals surface area contributed by atoms with Gasteiger partial charge in [-0.3, -0.25) is 19.5 Å². The van der Waals surface area contributed by atoms with Crippen LogP contribution in [0.1, 0.15) is 24.1 Å². The normalized spacial score (nSPS) is 15.7. The van der Waals surface area contributed by atoms with Crippen molar-refractivity contribution < 1.29 is 14.5 Å². The van der Waals surface area contributed by atoms with Crippen LogP contribution in [0.4, 0.5) is 5.69 Å². The summed E-state index contributed by atoms with van der Waals surface area (Å²) in [5.74, 6) is -0.709. The summed E-state index contributed by atoms with van der Waals surface area (Å²) in [4.78, 5) is 41.8. The minimum Gasteiger partial charge on any atom is -0.466 e. The molecule has 2 heterocycles. The molecule has 0 spiro atoms. The fraction of sp³-hybridized carbons (Fsp3) is 0.136. The predicted octanol–water partition coefficient (Wildman–Crippen LogP) is 4.28.